The highest BCUT2D eigenvalue weighted by molar-refractivity contribution is 5.22. The number of nitrogens with zero attached hydrogens (tertiary/aromatic N) is 5. The van der Waals surface area contributed by atoms with E-state index in [1.165, 1.54) is 11.9 Å². The van der Waals surface area contributed by atoms with E-state index in [9.17, 15) is 0 Å². The first-order valence-corrected chi connectivity index (χ1v) is 4.05. The Kier molecular flexibility index (Phi) is 2.10. The van der Waals surface area contributed by atoms with Crippen LogP contribution in [0.4, 0.5) is 0 Å². The van der Waals surface area contributed by atoms with Gasteiger partial charge in [-0.05, 0) is 6.92 Å². The summed E-state index contributed by atoms with van der Waals surface area (Å²) in [7, 11) is 1.52. The third-order valence-electron chi connectivity index (χ3n) is 1.63. The Bertz CT molecular complexity index is 422. The topological polar surface area (TPSA) is 65.7 Å². The van der Waals surface area contributed by atoms with E-state index in [4.69, 9.17) is 4.74 Å². The highest BCUT2D eigenvalue weighted by Crippen LogP contribution is 2.04. The molecule has 14 heavy (non-hydrogen) atoms. The Balaban J connectivity index is 2.33. The van der Waals surface area contributed by atoms with E-state index in [0.717, 1.165) is 5.69 Å². The van der Waals surface area contributed by atoms with Crippen LogP contribution in [-0.4, -0.2) is 32.1 Å². The SMILES string of the molecule is COc1ncc(-n2ncc(C)n2)cn1. The first-order chi connectivity index (χ1) is 6.79. The molecule has 2 heterocycles. The molecule has 2 aromatic rings. The Hall–Kier alpha value is -1.98. The maximum absolute atomic E-state index is 4.84. The molecule has 0 amide bonds. The van der Waals surface area contributed by atoms with Crippen molar-refractivity contribution in [3.8, 4) is 11.7 Å². The molecule has 0 bridgehead atoms. The second-order valence-corrected chi connectivity index (χ2v) is 2.70. The molecule has 6 heteroatoms. The molecule has 0 aromatic carbocycles. The monoisotopic (exact) mass is 191 g/mol. The van der Waals surface area contributed by atoms with Crippen LogP contribution in [0, 0.1) is 6.92 Å². The highest BCUT2D eigenvalue weighted by Gasteiger charge is 2.01. The van der Waals surface area contributed by atoms with Gasteiger partial charge in [0.15, 0.2) is 0 Å². The molecule has 0 aliphatic heterocycles. The Morgan fingerprint density at radius 1 is 1.21 bits per heavy atom. The second-order valence-electron chi connectivity index (χ2n) is 2.70. The van der Waals surface area contributed by atoms with Crippen LogP contribution in [0.25, 0.3) is 5.69 Å². The summed E-state index contributed by atoms with van der Waals surface area (Å²) in [6.45, 7) is 1.87. The largest absolute Gasteiger partial charge is 0.467 e. The van der Waals surface area contributed by atoms with Crippen molar-refractivity contribution in [2.75, 3.05) is 7.11 Å². The lowest BCUT2D eigenvalue weighted by atomic mass is 10.5. The van der Waals surface area contributed by atoms with Gasteiger partial charge < -0.3 is 4.74 Å². The summed E-state index contributed by atoms with van der Waals surface area (Å²) >= 11 is 0. The summed E-state index contributed by atoms with van der Waals surface area (Å²) in [6, 6.07) is 0.331. The first-order valence-electron chi connectivity index (χ1n) is 4.05. The van der Waals surface area contributed by atoms with Gasteiger partial charge in [-0.25, -0.2) is 9.97 Å². The zero-order chi connectivity index (χ0) is 9.97. The number of methoxy groups -OCH3 is 1. The quantitative estimate of drug-likeness (QED) is 0.686. The lowest BCUT2D eigenvalue weighted by Gasteiger charge is -1.99. The van der Waals surface area contributed by atoms with E-state index in [1.54, 1.807) is 18.6 Å². The van der Waals surface area contributed by atoms with Crippen LogP contribution in [-0.2, 0) is 0 Å². The molecule has 0 N–H and O–H groups in total. The molecule has 72 valence electrons. The Labute approximate surface area is 80.6 Å². The van der Waals surface area contributed by atoms with Gasteiger partial charge >= 0.3 is 6.01 Å². The molecule has 0 atom stereocenters. The van der Waals surface area contributed by atoms with E-state index >= 15 is 0 Å². The van der Waals surface area contributed by atoms with Crippen LogP contribution >= 0.6 is 0 Å². The van der Waals surface area contributed by atoms with Crippen LogP contribution in [0.1, 0.15) is 5.69 Å². The average Bonchev–Trinajstić information content (AvgIpc) is 2.65. The Morgan fingerprint density at radius 3 is 2.43 bits per heavy atom. The van der Waals surface area contributed by atoms with E-state index < -0.39 is 0 Å². The number of aromatic nitrogens is 5. The molecule has 0 aliphatic carbocycles. The molecule has 0 saturated heterocycles. The van der Waals surface area contributed by atoms with Crippen LogP contribution in [0.3, 0.4) is 0 Å². The molecule has 0 spiro atoms. The van der Waals surface area contributed by atoms with Gasteiger partial charge in [-0.2, -0.15) is 10.2 Å². The molecular formula is C8H9N5O. The average molecular weight is 191 g/mol. The number of rotatable bonds is 2. The minimum Gasteiger partial charge on any atom is -0.467 e. The highest BCUT2D eigenvalue weighted by atomic mass is 16.5. The van der Waals surface area contributed by atoms with Crippen molar-refractivity contribution in [2.24, 2.45) is 0 Å². The number of hydrogen-bond donors (Lipinski definition) is 0. The van der Waals surface area contributed by atoms with E-state index in [-0.39, 0.29) is 0 Å². The van der Waals surface area contributed by atoms with Gasteiger partial charge in [-0.15, -0.1) is 4.80 Å². The van der Waals surface area contributed by atoms with Crippen LogP contribution in [0.15, 0.2) is 18.6 Å². The van der Waals surface area contributed by atoms with Crippen molar-refractivity contribution in [3.63, 3.8) is 0 Å². The van der Waals surface area contributed by atoms with Gasteiger partial charge in [0.1, 0.15) is 5.69 Å². The van der Waals surface area contributed by atoms with E-state index in [0.29, 0.717) is 11.7 Å². The minimum absolute atomic E-state index is 0.331. The van der Waals surface area contributed by atoms with Crippen molar-refractivity contribution in [3.05, 3.63) is 24.3 Å². The Morgan fingerprint density at radius 2 is 1.93 bits per heavy atom. The number of ether oxygens (including phenoxy) is 1. The van der Waals surface area contributed by atoms with Crippen molar-refractivity contribution in [2.45, 2.75) is 6.92 Å². The summed E-state index contributed by atoms with van der Waals surface area (Å²) < 4.78 is 4.84. The van der Waals surface area contributed by atoms with Gasteiger partial charge in [0.2, 0.25) is 0 Å². The molecule has 0 radical (unpaired) electrons. The molecule has 0 aliphatic rings. The third kappa shape index (κ3) is 1.54. The maximum Gasteiger partial charge on any atom is 0.316 e. The number of aryl methyl sites for hydroxylation is 1. The van der Waals surface area contributed by atoms with Gasteiger partial charge in [0, 0.05) is 0 Å². The fraction of sp³-hybridized carbons (Fsp3) is 0.250. The second kappa shape index (κ2) is 3.41. The van der Waals surface area contributed by atoms with Crippen LogP contribution in [0.5, 0.6) is 6.01 Å². The normalized spacial score (nSPS) is 10.1. The molecule has 2 rings (SSSR count). The van der Waals surface area contributed by atoms with Crippen molar-refractivity contribution in [1.29, 1.82) is 0 Å². The standard InChI is InChI=1S/C8H9N5O/c1-6-3-11-13(12-6)7-4-9-8(14-2)10-5-7/h3-5H,1-2H3. The van der Waals surface area contributed by atoms with E-state index in [2.05, 4.69) is 20.2 Å². The summed E-state index contributed by atoms with van der Waals surface area (Å²) in [5.74, 6) is 0. The maximum atomic E-state index is 4.84. The third-order valence-corrected chi connectivity index (χ3v) is 1.63. The summed E-state index contributed by atoms with van der Waals surface area (Å²) in [4.78, 5) is 9.36. The summed E-state index contributed by atoms with van der Waals surface area (Å²) in [6.07, 6.45) is 4.88. The molecule has 0 saturated carbocycles. The predicted molar refractivity (Wildman–Crippen MR) is 48.2 cm³/mol. The van der Waals surface area contributed by atoms with Crippen molar-refractivity contribution < 1.29 is 4.74 Å². The predicted octanol–water partition coefficient (Wildman–Crippen LogP) is 0.374. The van der Waals surface area contributed by atoms with Crippen LogP contribution in [0.2, 0.25) is 0 Å². The van der Waals surface area contributed by atoms with Gasteiger partial charge in [0.05, 0.1) is 31.4 Å². The molecule has 0 fully saturated rings. The summed E-state index contributed by atoms with van der Waals surface area (Å²) in [5, 5.41) is 8.15. The number of hydrogen-bond acceptors (Lipinski definition) is 5. The van der Waals surface area contributed by atoms with Crippen molar-refractivity contribution in [1.82, 2.24) is 25.0 Å². The first kappa shape index (κ1) is 8.61. The van der Waals surface area contributed by atoms with Crippen LogP contribution < -0.4 is 4.74 Å². The molecule has 0 unspecified atom stereocenters. The van der Waals surface area contributed by atoms with Crippen molar-refractivity contribution >= 4 is 0 Å². The van der Waals surface area contributed by atoms with Gasteiger partial charge in [-0.3, -0.25) is 0 Å². The molecule has 6 nitrogen and oxygen atoms in total. The lowest BCUT2D eigenvalue weighted by molar-refractivity contribution is 0.379. The molecular weight excluding hydrogens is 182 g/mol. The zero-order valence-electron chi connectivity index (χ0n) is 7.88. The minimum atomic E-state index is 0.331. The zero-order valence-corrected chi connectivity index (χ0v) is 7.88. The summed E-state index contributed by atoms with van der Waals surface area (Å²) in [5.41, 5.74) is 1.56. The fourth-order valence-electron chi connectivity index (χ4n) is 0.982. The smallest absolute Gasteiger partial charge is 0.316 e. The lowest BCUT2D eigenvalue weighted by Crippen LogP contribution is -2.01. The van der Waals surface area contributed by atoms with E-state index in [1.807, 2.05) is 6.92 Å². The fourth-order valence-corrected chi connectivity index (χ4v) is 0.982. The van der Waals surface area contributed by atoms with Gasteiger partial charge in [-0.1, -0.05) is 0 Å². The van der Waals surface area contributed by atoms with Gasteiger partial charge in [0.25, 0.3) is 0 Å². The molecule has 2 aromatic heterocycles.